The number of hydrogen-bond acceptors (Lipinski definition) is 3. The summed E-state index contributed by atoms with van der Waals surface area (Å²) in [7, 11) is 0. The zero-order valence-electron chi connectivity index (χ0n) is 14.8. The molecule has 0 unspecified atom stereocenters. The largest absolute Gasteiger partial charge is 0.366 e. The van der Waals surface area contributed by atoms with Gasteiger partial charge in [-0.2, -0.15) is 5.26 Å². The van der Waals surface area contributed by atoms with Gasteiger partial charge in [0.15, 0.2) is 0 Å². The van der Waals surface area contributed by atoms with Gasteiger partial charge in [-0.25, -0.2) is 4.39 Å². The van der Waals surface area contributed by atoms with Crippen LogP contribution in [0.4, 0.5) is 4.39 Å². The lowest BCUT2D eigenvalue weighted by Crippen LogP contribution is -2.23. The van der Waals surface area contributed by atoms with Gasteiger partial charge in [0.25, 0.3) is 11.8 Å². The Labute approximate surface area is 161 Å². The average molecular weight is 373 g/mol. The molecule has 0 radical (unpaired) electrons. The summed E-state index contributed by atoms with van der Waals surface area (Å²) >= 11 is 0. The Morgan fingerprint density at radius 3 is 2.29 bits per heavy atom. The SMILES string of the molecule is N#Cc1ccccc1C(=O)NCc1ccc(-c2ccc(C(N)=O)c(F)c2)cc1. The number of hydrogen-bond donors (Lipinski definition) is 2. The van der Waals surface area contributed by atoms with E-state index in [2.05, 4.69) is 5.32 Å². The number of nitrogens with two attached hydrogens (primary N) is 1. The average Bonchev–Trinajstić information content (AvgIpc) is 2.72. The number of carbonyl (C=O) groups excluding carboxylic acids is 2. The molecule has 28 heavy (non-hydrogen) atoms. The number of nitriles is 1. The first-order valence-corrected chi connectivity index (χ1v) is 8.45. The van der Waals surface area contributed by atoms with E-state index in [-0.39, 0.29) is 18.0 Å². The van der Waals surface area contributed by atoms with Gasteiger partial charge in [0.2, 0.25) is 0 Å². The van der Waals surface area contributed by atoms with Crippen molar-refractivity contribution in [3.63, 3.8) is 0 Å². The minimum Gasteiger partial charge on any atom is -0.366 e. The van der Waals surface area contributed by atoms with Crippen LogP contribution in [0, 0.1) is 17.1 Å². The topological polar surface area (TPSA) is 96.0 Å². The van der Waals surface area contributed by atoms with Crippen molar-refractivity contribution in [2.45, 2.75) is 6.54 Å². The van der Waals surface area contributed by atoms with Crippen molar-refractivity contribution in [1.82, 2.24) is 5.32 Å². The molecule has 0 saturated heterocycles. The van der Waals surface area contributed by atoms with E-state index in [0.717, 1.165) is 11.1 Å². The van der Waals surface area contributed by atoms with Crippen molar-refractivity contribution in [2.24, 2.45) is 5.73 Å². The van der Waals surface area contributed by atoms with Crippen LogP contribution in [0.2, 0.25) is 0 Å². The summed E-state index contributed by atoms with van der Waals surface area (Å²) in [5.41, 5.74) is 7.82. The highest BCUT2D eigenvalue weighted by Gasteiger charge is 2.11. The quantitative estimate of drug-likeness (QED) is 0.717. The maximum atomic E-state index is 13.9. The van der Waals surface area contributed by atoms with Crippen LogP contribution in [0.15, 0.2) is 66.7 Å². The minimum atomic E-state index is -0.812. The van der Waals surface area contributed by atoms with E-state index in [9.17, 15) is 14.0 Å². The number of nitrogens with zero attached hydrogens (tertiary/aromatic N) is 1. The van der Waals surface area contributed by atoms with Crippen LogP contribution in [0.25, 0.3) is 11.1 Å². The van der Waals surface area contributed by atoms with Gasteiger partial charge in [-0.15, -0.1) is 0 Å². The third-order valence-electron chi connectivity index (χ3n) is 4.27. The number of amides is 2. The van der Waals surface area contributed by atoms with Crippen LogP contribution >= 0.6 is 0 Å². The molecular formula is C22H16FN3O2. The number of halogens is 1. The molecule has 2 amide bonds. The van der Waals surface area contributed by atoms with E-state index in [1.165, 1.54) is 12.1 Å². The van der Waals surface area contributed by atoms with Crippen molar-refractivity contribution in [2.75, 3.05) is 0 Å². The zero-order chi connectivity index (χ0) is 20.1. The van der Waals surface area contributed by atoms with Crippen molar-refractivity contribution in [1.29, 1.82) is 5.26 Å². The molecule has 0 aliphatic carbocycles. The molecule has 0 bridgehead atoms. The second-order valence-electron chi connectivity index (χ2n) is 6.10. The summed E-state index contributed by atoms with van der Waals surface area (Å²) in [5.74, 6) is -1.81. The van der Waals surface area contributed by atoms with Crippen LogP contribution in [0.1, 0.15) is 31.8 Å². The molecule has 0 aliphatic rings. The van der Waals surface area contributed by atoms with E-state index < -0.39 is 11.7 Å². The molecule has 0 spiro atoms. The van der Waals surface area contributed by atoms with Gasteiger partial charge in [0.1, 0.15) is 5.82 Å². The smallest absolute Gasteiger partial charge is 0.252 e. The summed E-state index contributed by atoms with van der Waals surface area (Å²) in [5, 5.41) is 11.9. The Kier molecular flexibility index (Phi) is 5.47. The molecule has 3 aromatic carbocycles. The molecule has 6 heteroatoms. The predicted molar refractivity (Wildman–Crippen MR) is 103 cm³/mol. The van der Waals surface area contributed by atoms with Crippen molar-refractivity contribution in [3.05, 3.63) is 94.8 Å². The molecular weight excluding hydrogens is 357 g/mol. The van der Waals surface area contributed by atoms with Gasteiger partial charge in [-0.3, -0.25) is 9.59 Å². The van der Waals surface area contributed by atoms with Crippen LogP contribution in [-0.2, 0) is 6.54 Å². The number of rotatable bonds is 5. The van der Waals surface area contributed by atoms with E-state index in [1.54, 1.807) is 42.5 Å². The van der Waals surface area contributed by atoms with E-state index in [0.29, 0.717) is 16.7 Å². The highest BCUT2D eigenvalue weighted by molar-refractivity contribution is 5.96. The fourth-order valence-corrected chi connectivity index (χ4v) is 2.77. The molecule has 3 rings (SSSR count). The lowest BCUT2D eigenvalue weighted by atomic mass is 10.0. The Bertz CT molecular complexity index is 1090. The molecule has 0 atom stereocenters. The summed E-state index contributed by atoms with van der Waals surface area (Å²) in [4.78, 5) is 23.4. The molecule has 0 saturated carbocycles. The molecule has 0 fully saturated rings. The number of carbonyl (C=O) groups is 2. The van der Waals surface area contributed by atoms with E-state index in [1.807, 2.05) is 18.2 Å². The normalized spacial score (nSPS) is 10.1. The maximum absolute atomic E-state index is 13.9. The van der Waals surface area contributed by atoms with Crippen molar-refractivity contribution < 1.29 is 14.0 Å². The number of primary amides is 1. The molecule has 0 aliphatic heterocycles. The predicted octanol–water partition coefficient (Wildman–Crippen LogP) is 3.39. The molecule has 0 aromatic heterocycles. The number of nitrogens with one attached hydrogen (secondary N) is 1. The molecule has 3 aromatic rings. The Morgan fingerprint density at radius 2 is 1.64 bits per heavy atom. The third-order valence-corrected chi connectivity index (χ3v) is 4.27. The highest BCUT2D eigenvalue weighted by Crippen LogP contribution is 2.22. The minimum absolute atomic E-state index is 0.152. The van der Waals surface area contributed by atoms with Crippen molar-refractivity contribution >= 4 is 11.8 Å². The first kappa shape index (κ1) is 18.8. The first-order valence-electron chi connectivity index (χ1n) is 8.45. The molecule has 138 valence electrons. The van der Waals surface area contributed by atoms with Gasteiger partial charge in [0, 0.05) is 6.54 Å². The fraction of sp³-hybridized carbons (Fsp3) is 0.0455. The zero-order valence-corrected chi connectivity index (χ0v) is 14.8. The van der Waals surface area contributed by atoms with Crippen LogP contribution < -0.4 is 11.1 Å². The summed E-state index contributed by atoms with van der Waals surface area (Å²) in [6.07, 6.45) is 0. The second-order valence-corrected chi connectivity index (χ2v) is 6.10. The Morgan fingerprint density at radius 1 is 0.964 bits per heavy atom. The number of benzene rings is 3. The standard InChI is InChI=1S/C22H16FN3O2/c23-20-11-16(9-10-19(20)21(25)27)15-7-5-14(6-8-15)13-26-22(28)18-4-2-1-3-17(18)12-24/h1-11H,13H2,(H2,25,27)(H,26,28). The van der Waals surface area contributed by atoms with Gasteiger partial charge in [-0.1, -0.05) is 42.5 Å². The monoisotopic (exact) mass is 373 g/mol. The van der Waals surface area contributed by atoms with Gasteiger partial charge < -0.3 is 11.1 Å². The summed E-state index contributed by atoms with van der Waals surface area (Å²) in [6.45, 7) is 0.286. The first-order chi connectivity index (χ1) is 13.5. The van der Waals surface area contributed by atoms with E-state index in [4.69, 9.17) is 11.0 Å². The fourth-order valence-electron chi connectivity index (χ4n) is 2.77. The van der Waals surface area contributed by atoms with Gasteiger partial charge >= 0.3 is 0 Å². The van der Waals surface area contributed by atoms with Crippen LogP contribution in [-0.4, -0.2) is 11.8 Å². The molecule has 0 heterocycles. The maximum Gasteiger partial charge on any atom is 0.252 e. The molecule has 3 N–H and O–H groups in total. The summed E-state index contributed by atoms with van der Waals surface area (Å²) < 4.78 is 13.9. The lowest BCUT2D eigenvalue weighted by molar-refractivity contribution is 0.0949. The second kappa shape index (κ2) is 8.14. The third kappa shape index (κ3) is 4.05. The van der Waals surface area contributed by atoms with Crippen LogP contribution in [0.3, 0.4) is 0 Å². The lowest BCUT2D eigenvalue weighted by Gasteiger charge is -2.08. The Hall–Kier alpha value is -3.98. The van der Waals surface area contributed by atoms with E-state index >= 15 is 0 Å². The summed E-state index contributed by atoms with van der Waals surface area (Å²) in [6, 6.07) is 20.0. The molecule has 5 nitrogen and oxygen atoms in total. The van der Waals surface area contributed by atoms with Gasteiger partial charge in [0.05, 0.1) is 22.8 Å². The van der Waals surface area contributed by atoms with Crippen LogP contribution in [0.5, 0.6) is 0 Å². The highest BCUT2D eigenvalue weighted by atomic mass is 19.1. The Balaban J connectivity index is 1.70. The van der Waals surface area contributed by atoms with Gasteiger partial charge in [-0.05, 0) is 41.0 Å². The van der Waals surface area contributed by atoms with Crippen molar-refractivity contribution in [3.8, 4) is 17.2 Å².